The zero-order valence-corrected chi connectivity index (χ0v) is 6.21. The third-order valence-electron chi connectivity index (χ3n) is 1.50. The van der Waals surface area contributed by atoms with Crippen molar-refractivity contribution in [1.82, 2.24) is 0 Å². The number of benzene rings is 1. The summed E-state index contributed by atoms with van der Waals surface area (Å²) < 4.78 is 12.9. The maximum atomic E-state index is 12.9. The molecule has 0 aliphatic heterocycles. The first-order valence-corrected chi connectivity index (χ1v) is 3.36. The highest BCUT2D eigenvalue weighted by Gasteiger charge is 2.09. The van der Waals surface area contributed by atoms with E-state index in [2.05, 4.69) is 0 Å². The lowest BCUT2D eigenvalue weighted by Crippen LogP contribution is -2.06. The normalized spacial score (nSPS) is 13.0. The fraction of sp³-hybridized carbons (Fsp3) is 0.250. The second-order valence-electron chi connectivity index (χ2n) is 2.47. The minimum atomic E-state index is -0.623. The summed E-state index contributed by atoms with van der Waals surface area (Å²) in [5.41, 5.74) is 5.77. The van der Waals surface area contributed by atoms with Gasteiger partial charge in [-0.15, -0.1) is 0 Å². The van der Waals surface area contributed by atoms with Gasteiger partial charge in [-0.1, -0.05) is 12.1 Å². The van der Waals surface area contributed by atoms with Gasteiger partial charge in [0.25, 0.3) is 0 Å². The van der Waals surface area contributed by atoms with Crippen molar-refractivity contribution in [2.24, 2.45) is 5.73 Å². The van der Waals surface area contributed by atoms with Crippen LogP contribution in [0.4, 0.5) is 4.39 Å². The molecule has 0 aliphatic rings. The summed E-state index contributed by atoms with van der Waals surface area (Å²) in [6, 6.07) is 4.03. The molecule has 0 heterocycles. The Kier molecular flexibility index (Phi) is 2.10. The van der Waals surface area contributed by atoms with Gasteiger partial charge in [0.15, 0.2) is 11.6 Å². The van der Waals surface area contributed by atoms with E-state index in [9.17, 15) is 4.39 Å². The van der Waals surface area contributed by atoms with Crippen LogP contribution in [0.25, 0.3) is 0 Å². The molecule has 1 atom stereocenters. The molecule has 0 aromatic heterocycles. The average molecular weight is 155 g/mol. The van der Waals surface area contributed by atoms with Crippen LogP contribution in [0.2, 0.25) is 0 Å². The molecule has 0 spiro atoms. The van der Waals surface area contributed by atoms with Crippen LogP contribution in [0, 0.1) is 5.82 Å². The molecule has 11 heavy (non-hydrogen) atoms. The van der Waals surface area contributed by atoms with Crippen molar-refractivity contribution in [1.29, 1.82) is 0 Å². The standard InChI is InChI=1S/C8H10FNO/c1-5(10)6-3-2-4-7(11)8(6)9/h2-5,11H,10H2,1H3/t5-/m0/s1. The quantitative estimate of drug-likeness (QED) is 0.646. The topological polar surface area (TPSA) is 46.2 Å². The summed E-state index contributed by atoms with van der Waals surface area (Å²) >= 11 is 0. The maximum Gasteiger partial charge on any atom is 0.169 e. The average Bonchev–Trinajstić information content (AvgIpc) is 1.94. The smallest absolute Gasteiger partial charge is 0.169 e. The van der Waals surface area contributed by atoms with Gasteiger partial charge in [-0.25, -0.2) is 4.39 Å². The second-order valence-corrected chi connectivity index (χ2v) is 2.47. The number of phenolic OH excluding ortho intramolecular Hbond substituents is 1. The van der Waals surface area contributed by atoms with Crippen LogP contribution in [-0.2, 0) is 0 Å². The van der Waals surface area contributed by atoms with Gasteiger partial charge >= 0.3 is 0 Å². The van der Waals surface area contributed by atoms with Crippen molar-refractivity contribution in [3.63, 3.8) is 0 Å². The van der Waals surface area contributed by atoms with Crippen LogP contribution in [0.1, 0.15) is 18.5 Å². The highest BCUT2D eigenvalue weighted by Crippen LogP contribution is 2.22. The summed E-state index contributed by atoms with van der Waals surface area (Å²) in [5.74, 6) is -0.970. The van der Waals surface area contributed by atoms with Crippen LogP contribution < -0.4 is 5.73 Å². The Balaban J connectivity index is 3.17. The zero-order valence-electron chi connectivity index (χ0n) is 6.21. The Labute approximate surface area is 64.5 Å². The van der Waals surface area contributed by atoms with E-state index in [0.717, 1.165) is 0 Å². The van der Waals surface area contributed by atoms with Gasteiger partial charge in [-0.2, -0.15) is 0 Å². The molecule has 0 bridgehead atoms. The van der Waals surface area contributed by atoms with E-state index in [0.29, 0.717) is 5.56 Å². The number of nitrogens with two attached hydrogens (primary N) is 1. The third kappa shape index (κ3) is 1.49. The van der Waals surface area contributed by atoms with Crippen molar-refractivity contribution >= 4 is 0 Å². The minimum absolute atomic E-state index is 0.338. The Morgan fingerprint density at radius 3 is 2.64 bits per heavy atom. The summed E-state index contributed by atoms with van der Waals surface area (Å²) in [6.45, 7) is 1.66. The fourth-order valence-electron chi connectivity index (χ4n) is 0.889. The highest BCUT2D eigenvalue weighted by molar-refractivity contribution is 5.31. The van der Waals surface area contributed by atoms with Crippen LogP contribution in [0.3, 0.4) is 0 Å². The van der Waals surface area contributed by atoms with E-state index in [-0.39, 0.29) is 11.8 Å². The maximum absolute atomic E-state index is 12.9. The number of hydrogen-bond acceptors (Lipinski definition) is 2. The van der Waals surface area contributed by atoms with E-state index < -0.39 is 5.82 Å². The minimum Gasteiger partial charge on any atom is -0.505 e. The van der Waals surface area contributed by atoms with Gasteiger partial charge < -0.3 is 10.8 Å². The van der Waals surface area contributed by atoms with E-state index >= 15 is 0 Å². The van der Waals surface area contributed by atoms with Crippen molar-refractivity contribution in [3.8, 4) is 5.75 Å². The largest absolute Gasteiger partial charge is 0.505 e. The second kappa shape index (κ2) is 2.88. The first-order valence-electron chi connectivity index (χ1n) is 3.36. The lowest BCUT2D eigenvalue weighted by molar-refractivity contribution is 0.426. The van der Waals surface area contributed by atoms with E-state index in [1.165, 1.54) is 6.07 Å². The monoisotopic (exact) mass is 155 g/mol. The molecule has 1 rings (SSSR count). The van der Waals surface area contributed by atoms with Gasteiger partial charge in [-0.3, -0.25) is 0 Å². The highest BCUT2D eigenvalue weighted by atomic mass is 19.1. The SMILES string of the molecule is C[C@H](N)c1cccc(O)c1F. The molecule has 0 aliphatic carbocycles. The van der Waals surface area contributed by atoms with Crippen molar-refractivity contribution in [3.05, 3.63) is 29.6 Å². The molecule has 0 amide bonds. The molecule has 0 saturated heterocycles. The molecule has 3 heteroatoms. The van der Waals surface area contributed by atoms with Crippen molar-refractivity contribution < 1.29 is 9.50 Å². The van der Waals surface area contributed by atoms with Crippen LogP contribution in [0.15, 0.2) is 18.2 Å². The third-order valence-corrected chi connectivity index (χ3v) is 1.50. The van der Waals surface area contributed by atoms with Crippen molar-refractivity contribution in [2.45, 2.75) is 13.0 Å². The van der Waals surface area contributed by atoms with Gasteiger partial charge in [0, 0.05) is 11.6 Å². The molecule has 2 nitrogen and oxygen atoms in total. The van der Waals surface area contributed by atoms with Crippen LogP contribution in [0.5, 0.6) is 5.75 Å². The van der Waals surface area contributed by atoms with Gasteiger partial charge in [-0.05, 0) is 13.0 Å². The zero-order chi connectivity index (χ0) is 8.43. The number of aromatic hydroxyl groups is 1. The first-order chi connectivity index (χ1) is 5.13. The van der Waals surface area contributed by atoms with E-state index in [1.54, 1.807) is 19.1 Å². The molecule has 60 valence electrons. The summed E-state index contributed by atoms with van der Waals surface area (Å²) in [4.78, 5) is 0. The Bertz CT molecular complexity index is 260. The number of phenols is 1. The van der Waals surface area contributed by atoms with Gasteiger partial charge in [0.05, 0.1) is 0 Å². The molecule has 0 fully saturated rings. The molecular weight excluding hydrogens is 145 g/mol. The van der Waals surface area contributed by atoms with Crippen molar-refractivity contribution in [2.75, 3.05) is 0 Å². The molecule has 1 aromatic carbocycles. The lowest BCUT2D eigenvalue weighted by Gasteiger charge is -2.06. The van der Waals surface area contributed by atoms with E-state index in [4.69, 9.17) is 10.8 Å². The number of halogens is 1. The predicted octanol–water partition coefficient (Wildman–Crippen LogP) is 1.55. The summed E-state index contributed by atoms with van der Waals surface area (Å²) in [6.07, 6.45) is 0. The Morgan fingerprint density at radius 2 is 2.18 bits per heavy atom. The van der Waals surface area contributed by atoms with Gasteiger partial charge in [0.1, 0.15) is 0 Å². The van der Waals surface area contributed by atoms with Gasteiger partial charge in [0.2, 0.25) is 0 Å². The molecule has 0 radical (unpaired) electrons. The molecule has 1 aromatic rings. The lowest BCUT2D eigenvalue weighted by atomic mass is 10.1. The summed E-state index contributed by atoms with van der Waals surface area (Å²) in [7, 11) is 0. The van der Waals surface area contributed by atoms with Crippen LogP contribution in [-0.4, -0.2) is 5.11 Å². The Morgan fingerprint density at radius 1 is 1.55 bits per heavy atom. The fourth-order valence-corrected chi connectivity index (χ4v) is 0.889. The molecular formula is C8H10FNO. The Hall–Kier alpha value is -1.09. The van der Waals surface area contributed by atoms with E-state index in [1.807, 2.05) is 0 Å². The van der Waals surface area contributed by atoms with Crippen LogP contribution >= 0.6 is 0 Å². The predicted molar refractivity (Wildman–Crippen MR) is 40.7 cm³/mol. The molecule has 3 N–H and O–H groups in total. The summed E-state index contributed by atoms with van der Waals surface area (Å²) in [5, 5.41) is 8.92. The molecule has 0 saturated carbocycles. The molecule has 0 unspecified atom stereocenters. The first kappa shape index (κ1) is 8.01. The number of rotatable bonds is 1. The number of hydrogen-bond donors (Lipinski definition) is 2.